The Morgan fingerprint density at radius 2 is 1.83 bits per heavy atom. The van der Waals surface area contributed by atoms with Crippen LogP contribution in [0.1, 0.15) is 12.8 Å². The molecule has 1 aromatic carbocycles. The van der Waals surface area contributed by atoms with E-state index in [1.165, 1.54) is 11.3 Å². The van der Waals surface area contributed by atoms with Crippen molar-refractivity contribution in [3.8, 4) is 11.3 Å². The van der Waals surface area contributed by atoms with Gasteiger partial charge in [0.2, 0.25) is 5.69 Å². The summed E-state index contributed by atoms with van der Waals surface area (Å²) in [6.45, 7) is 1.59. The van der Waals surface area contributed by atoms with Crippen LogP contribution in [0.15, 0.2) is 36.4 Å². The Hall–Kier alpha value is -1.57. The number of aliphatic carboxylic acids is 1. The first-order valence-electron chi connectivity index (χ1n) is 7.67. The number of benzene rings is 1. The summed E-state index contributed by atoms with van der Waals surface area (Å²) >= 11 is 0. The number of piperidine rings is 1. The maximum atomic E-state index is 11.1. The third kappa shape index (κ3) is 3.52. The number of carboxylic acids is 1. The van der Waals surface area contributed by atoms with E-state index in [2.05, 4.69) is 39.5 Å². The van der Waals surface area contributed by atoms with E-state index in [0.29, 0.717) is 12.8 Å². The molecule has 0 aliphatic carbocycles. The molecule has 23 heavy (non-hydrogen) atoms. The number of nitrogens with zero attached hydrogens (tertiary/aromatic N) is 3. The van der Waals surface area contributed by atoms with Gasteiger partial charge in [-0.25, -0.2) is 0 Å². The molecule has 6 heteroatoms. The van der Waals surface area contributed by atoms with Crippen LogP contribution in [0.4, 0.5) is 5.82 Å². The van der Waals surface area contributed by atoms with Gasteiger partial charge in [0, 0.05) is 18.7 Å². The molecule has 0 radical (unpaired) electrons. The third-order valence-electron chi connectivity index (χ3n) is 4.63. The van der Waals surface area contributed by atoms with E-state index in [1.807, 2.05) is 25.2 Å². The molecule has 2 aromatic rings. The van der Waals surface area contributed by atoms with Crippen LogP contribution in [0.5, 0.6) is 0 Å². The molecule has 3 rings (SSSR count). The number of carbonyl (C=O) groups is 1. The summed E-state index contributed by atoms with van der Waals surface area (Å²) in [5.41, 5.74) is 2.35. The highest BCUT2D eigenvalue weighted by molar-refractivity contribution is 5.70. The number of anilines is 1. The first kappa shape index (κ1) is 17.8. The van der Waals surface area contributed by atoms with Gasteiger partial charge in [-0.3, -0.25) is 4.79 Å². The van der Waals surface area contributed by atoms with E-state index < -0.39 is 5.97 Å². The van der Waals surface area contributed by atoms with Crippen molar-refractivity contribution < 1.29 is 38.6 Å². The van der Waals surface area contributed by atoms with Gasteiger partial charge in [0.25, 0.3) is 0 Å². The fourth-order valence-electron chi connectivity index (χ4n) is 3.15. The Balaban J connectivity index is 0.00000192. The molecule has 0 saturated carbocycles. The van der Waals surface area contributed by atoms with E-state index >= 15 is 0 Å². The van der Waals surface area contributed by atoms with E-state index in [4.69, 9.17) is 5.11 Å². The Labute approximate surface area is 153 Å². The molecule has 1 aliphatic heterocycles. The maximum absolute atomic E-state index is 11.1. The fourth-order valence-corrected chi connectivity index (χ4v) is 3.15. The van der Waals surface area contributed by atoms with Gasteiger partial charge in [-0.05, 0) is 25.0 Å². The van der Waals surface area contributed by atoms with E-state index in [-0.39, 0.29) is 29.9 Å². The van der Waals surface area contributed by atoms with Crippen molar-refractivity contribution >= 4 is 11.8 Å². The van der Waals surface area contributed by atoms with Crippen molar-refractivity contribution in [3.05, 3.63) is 36.4 Å². The standard InChI is InChI=1S/C17H21N3O2.HI/c1-18-15(13-6-4-3-5-7-13)12-16(19(18)2)20-10-8-14(9-11-20)17(21)22;/h3-7,12,14H,8-11H2,1-2H3;1H. The Bertz CT molecular complexity index is 677. The lowest BCUT2D eigenvalue weighted by Crippen LogP contribution is -3.00. The van der Waals surface area contributed by atoms with E-state index in [9.17, 15) is 4.79 Å². The number of halogens is 1. The van der Waals surface area contributed by atoms with Gasteiger partial charge < -0.3 is 34.0 Å². The molecular formula is C17H22IN3O2. The molecule has 0 atom stereocenters. The number of hydrogen-bond acceptors (Lipinski definition) is 2. The summed E-state index contributed by atoms with van der Waals surface area (Å²) in [4.78, 5) is 13.4. The van der Waals surface area contributed by atoms with Crippen LogP contribution in [0.3, 0.4) is 0 Å². The van der Waals surface area contributed by atoms with Gasteiger partial charge in [-0.15, -0.1) is 9.36 Å². The van der Waals surface area contributed by atoms with Crippen molar-refractivity contribution in [2.24, 2.45) is 20.0 Å². The highest BCUT2D eigenvalue weighted by atomic mass is 127. The molecule has 1 saturated heterocycles. The summed E-state index contributed by atoms with van der Waals surface area (Å²) in [7, 11) is 4.10. The minimum Gasteiger partial charge on any atom is -1.00 e. The second-order valence-electron chi connectivity index (χ2n) is 5.90. The first-order valence-corrected chi connectivity index (χ1v) is 7.67. The molecule has 2 heterocycles. The highest BCUT2D eigenvalue weighted by Gasteiger charge is 2.28. The Morgan fingerprint density at radius 1 is 1.22 bits per heavy atom. The van der Waals surface area contributed by atoms with Crippen molar-refractivity contribution in [3.63, 3.8) is 0 Å². The summed E-state index contributed by atoms with van der Waals surface area (Å²) < 4.78 is 4.26. The van der Waals surface area contributed by atoms with Gasteiger partial charge in [0.05, 0.1) is 19.0 Å². The first-order chi connectivity index (χ1) is 10.6. The Kier molecular flexibility index (Phi) is 5.67. The summed E-state index contributed by atoms with van der Waals surface area (Å²) in [6, 6.07) is 12.5. The smallest absolute Gasteiger partial charge is 0.306 e. The molecule has 1 aliphatic rings. The van der Waals surface area contributed by atoms with Crippen LogP contribution in [0, 0.1) is 5.92 Å². The Morgan fingerprint density at radius 3 is 2.39 bits per heavy atom. The molecule has 124 valence electrons. The number of rotatable bonds is 3. The third-order valence-corrected chi connectivity index (χ3v) is 4.63. The van der Waals surface area contributed by atoms with Crippen molar-refractivity contribution in [2.45, 2.75) is 12.8 Å². The van der Waals surface area contributed by atoms with Crippen molar-refractivity contribution in [1.82, 2.24) is 4.68 Å². The van der Waals surface area contributed by atoms with Crippen LogP contribution in [-0.4, -0.2) is 28.8 Å². The zero-order chi connectivity index (χ0) is 15.7. The molecule has 1 N–H and O–H groups in total. The summed E-state index contributed by atoms with van der Waals surface area (Å²) in [5, 5.41) is 9.12. The lowest BCUT2D eigenvalue weighted by atomic mass is 9.97. The topological polar surface area (TPSA) is 49.4 Å². The second-order valence-corrected chi connectivity index (χ2v) is 5.90. The van der Waals surface area contributed by atoms with Crippen LogP contribution in [-0.2, 0) is 18.9 Å². The van der Waals surface area contributed by atoms with Gasteiger partial charge in [0.15, 0.2) is 12.9 Å². The fraction of sp³-hybridized carbons (Fsp3) is 0.412. The molecule has 0 amide bonds. The van der Waals surface area contributed by atoms with E-state index in [1.54, 1.807) is 0 Å². The van der Waals surface area contributed by atoms with E-state index in [0.717, 1.165) is 18.9 Å². The average Bonchev–Trinajstić information content (AvgIpc) is 2.84. The number of carboxylic acid groups (broad SMARTS) is 1. The maximum Gasteiger partial charge on any atom is 0.306 e. The van der Waals surface area contributed by atoms with Gasteiger partial charge >= 0.3 is 5.97 Å². The summed E-state index contributed by atoms with van der Waals surface area (Å²) in [5.74, 6) is 0.283. The minimum absolute atomic E-state index is 0. The molecule has 1 fully saturated rings. The van der Waals surface area contributed by atoms with Crippen LogP contribution >= 0.6 is 0 Å². The lowest BCUT2D eigenvalue weighted by Gasteiger charge is -2.30. The van der Waals surface area contributed by atoms with Crippen molar-refractivity contribution in [1.29, 1.82) is 0 Å². The molecule has 0 unspecified atom stereocenters. The normalized spacial score (nSPS) is 15.3. The molecule has 5 nitrogen and oxygen atoms in total. The highest BCUT2D eigenvalue weighted by Crippen LogP contribution is 2.26. The van der Waals surface area contributed by atoms with Crippen LogP contribution in [0.2, 0.25) is 0 Å². The minimum atomic E-state index is -0.665. The van der Waals surface area contributed by atoms with Gasteiger partial charge in [-0.2, -0.15) is 0 Å². The molecular weight excluding hydrogens is 405 g/mol. The quantitative estimate of drug-likeness (QED) is 0.496. The zero-order valence-electron chi connectivity index (χ0n) is 13.4. The summed E-state index contributed by atoms with van der Waals surface area (Å²) in [6.07, 6.45) is 1.43. The van der Waals surface area contributed by atoms with Crippen molar-refractivity contribution in [2.75, 3.05) is 18.0 Å². The largest absolute Gasteiger partial charge is 1.00 e. The zero-order valence-corrected chi connectivity index (χ0v) is 15.6. The number of aromatic nitrogens is 2. The SMILES string of the molecule is Cn1c(N2CCC(C(=O)O)CC2)cc(-c2ccccc2)[n+]1C.[I-]. The van der Waals surface area contributed by atoms with Crippen LogP contribution in [0.25, 0.3) is 11.3 Å². The van der Waals surface area contributed by atoms with Crippen LogP contribution < -0.4 is 33.6 Å². The predicted molar refractivity (Wildman–Crippen MR) is 84.6 cm³/mol. The molecule has 1 aromatic heterocycles. The number of hydrogen-bond donors (Lipinski definition) is 1. The second kappa shape index (κ2) is 7.33. The molecule has 0 bridgehead atoms. The van der Waals surface area contributed by atoms with Gasteiger partial charge in [0.1, 0.15) is 0 Å². The van der Waals surface area contributed by atoms with Gasteiger partial charge in [-0.1, -0.05) is 18.2 Å². The monoisotopic (exact) mass is 427 g/mol. The predicted octanol–water partition coefficient (Wildman–Crippen LogP) is -1.18. The average molecular weight is 427 g/mol. The molecule has 0 spiro atoms. The lowest BCUT2D eigenvalue weighted by molar-refractivity contribution is -0.740.